The van der Waals surface area contributed by atoms with Crippen LogP contribution in [0.15, 0.2) is 24.3 Å². The summed E-state index contributed by atoms with van der Waals surface area (Å²) in [6, 6.07) is 8.15. The van der Waals surface area contributed by atoms with Gasteiger partial charge in [-0.25, -0.2) is 0 Å². The Morgan fingerprint density at radius 3 is 2.88 bits per heavy atom. The van der Waals surface area contributed by atoms with Gasteiger partial charge in [0.15, 0.2) is 0 Å². The number of carbonyl (C=O) groups excluding carboxylic acids is 1. The zero-order chi connectivity index (χ0) is 16.8. The molecule has 0 spiro atoms. The van der Waals surface area contributed by atoms with Crippen LogP contribution < -0.4 is 10.6 Å². The van der Waals surface area contributed by atoms with E-state index in [-0.39, 0.29) is 18.1 Å². The third-order valence-corrected chi connectivity index (χ3v) is 4.57. The molecule has 2 fully saturated rings. The lowest BCUT2D eigenvalue weighted by atomic mass is 10.1. The largest absolute Gasteiger partial charge is 0.379 e. The number of hydrogen-bond donors (Lipinski definition) is 2. The Bertz CT molecular complexity index is 546. The normalized spacial score (nSPS) is 25.4. The van der Waals surface area contributed by atoms with Crippen LogP contribution in [-0.4, -0.2) is 62.4 Å². The average Bonchev–Trinajstić information content (AvgIpc) is 2.61. The summed E-state index contributed by atoms with van der Waals surface area (Å²) in [4.78, 5) is 14.7. The Kier molecular flexibility index (Phi) is 6.20. The van der Waals surface area contributed by atoms with E-state index in [2.05, 4.69) is 39.8 Å². The maximum Gasteiger partial charge on any atom is 0.240 e. The topological polar surface area (TPSA) is 62.8 Å². The molecule has 2 aliphatic rings. The molecule has 0 saturated carbocycles. The monoisotopic (exact) mass is 333 g/mol. The molecule has 3 rings (SSSR count). The van der Waals surface area contributed by atoms with E-state index < -0.39 is 0 Å². The number of carbonyl (C=O) groups is 1. The van der Waals surface area contributed by atoms with E-state index in [9.17, 15) is 4.79 Å². The SMILES string of the molecule is C[C@H]1OCCN[C@@H]1C(=O)NCc1cccc(CN2CCOCC2)c1. The number of ether oxygens (including phenoxy) is 2. The van der Waals surface area contributed by atoms with E-state index in [0.717, 1.165) is 45.0 Å². The minimum atomic E-state index is -0.268. The lowest BCUT2D eigenvalue weighted by molar-refractivity contribution is -0.129. The summed E-state index contributed by atoms with van der Waals surface area (Å²) in [6.07, 6.45) is -0.0913. The summed E-state index contributed by atoms with van der Waals surface area (Å²) >= 11 is 0. The van der Waals surface area contributed by atoms with Crippen LogP contribution in [0.4, 0.5) is 0 Å². The van der Waals surface area contributed by atoms with Gasteiger partial charge in [-0.2, -0.15) is 0 Å². The number of amides is 1. The number of hydrogen-bond acceptors (Lipinski definition) is 5. The summed E-state index contributed by atoms with van der Waals surface area (Å²) in [5.74, 6) is 0.000724. The van der Waals surface area contributed by atoms with Gasteiger partial charge in [-0.05, 0) is 18.1 Å². The summed E-state index contributed by atoms with van der Waals surface area (Å²) in [5, 5.41) is 6.23. The van der Waals surface area contributed by atoms with Gasteiger partial charge in [-0.3, -0.25) is 9.69 Å². The molecule has 2 aliphatic heterocycles. The van der Waals surface area contributed by atoms with Crippen molar-refractivity contribution < 1.29 is 14.3 Å². The van der Waals surface area contributed by atoms with Gasteiger partial charge in [0.1, 0.15) is 6.04 Å². The molecule has 6 nitrogen and oxygen atoms in total. The molecule has 2 atom stereocenters. The molecule has 132 valence electrons. The van der Waals surface area contributed by atoms with Crippen LogP contribution >= 0.6 is 0 Å². The van der Waals surface area contributed by atoms with Crippen molar-refractivity contribution in [2.75, 3.05) is 39.5 Å². The van der Waals surface area contributed by atoms with E-state index in [4.69, 9.17) is 9.47 Å². The minimum absolute atomic E-state index is 0.000724. The van der Waals surface area contributed by atoms with Gasteiger partial charge in [-0.1, -0.05) is 24.3 Å². The summed E-state index contributed by atoms with van der Waals surface area (Å²) in [7, 11) is 0. The number of rotatable bonds is 5. The van der Waals surface area contributed by atoms with E-state index in [1.54, 1.807) is 0 Å². The third kappa shape index (κ3) is 4.77. The Morgan fingerprint density at radius 2 is 2.08 bits per heavy atom. The lowest BCUT2D eigenvalue weighted by Crippen LogP contribution is -2.55. The predicted molar refractivity (Wildman–Crippen MR) is 91.6 cm³/mol. The lowest BCUT2D eigenvalue weighted by Gasteiger charge is -2.29. The molecule has 0 unspecified atom stereocenters. The van der Waals surface area contributed by atoms with Crippen molar-refractivity contribution in [1.82, 2.24) is 15.5 Å². The highest BCUT2D eigenvalue weighted by Gasteiger charge is 2.27. The quantitative estimate of drug-likeness (QED) is 0.822. The highest BCUT2D eigenvalue weighted by atomic mass is 16.5. The molecule has 2 saturated heterocycles. The number of benzene rings is 1. The fourth-order valence-electron chi connectivity index (χ4n) is 3.18. The Labute approximate surface area is 143 Å². The van der Waals surface area contributed by atoms with Gasteiger partial charge < -0.3 is 20.1 Å². The third-order valence-electron chi connectivity index (χ3n) is 4.57. The van der Waals surface area contributed by atoms with Crippen molar-refractivity contribution in [2.24, 2.45) is 0 Å². The van der Waals surface area contributed by atoms with E-state index in [1.165, 1.54) is 5.56 Å². The van der Waals surface area contributed by atoms with Gasteiger partial charge >= 0.3 is 0 Å². The average molecular weight is 333 g/mol. The number of nitrogens with one attached hydrogen (secondary N) is 2. The molecule has 1 amide bonds. The van der Waals surface area contributed by atoms with Gasteiger partial charge in [0.05, 0.1) is 25.9 Å². The second-order valence-corrected chi connectivity index (χ2v) is 6.43. The molecule has 6 heteroatoms. The van der Waals surface area contributed by atoms with Gasteiger partial charge in [-0.15, -0.1) is 0 Å². The highest BCUT2D eigenvalue weighted by molar-refractivity contribution is 5.82. The molecule has 0 radical (unpaired) electrons. The molecule has 0 bridgehead atoms. The summed E-state index contributed by atoms with van der Waals surface area (Å²) in [6.45, 7) is 8.36. The van der Waals surface area contributed by atoms with Gasteiger partial charge in [0, 0.05) is 32.7 Å². The predicted octanol–water partition coefficient (Wildman–Crippen LogP) is 0.512. The van der Waals surface area contributed by atoms with Crippen molar-refractivity contribution in [1.29, 1.82) is 0 Å². The zero-order valence-corrected chi connectivity index (χ0v) is 14.3. The first-order valence-electron chi connectivity index (χ1n) is 8.73. The summed E-state index contributed by atoms with van der Waals surface area (Å²) in [5.41, 5.74) is 2.40. The van der Waals surface area contributed by atoms with Crippen LogP contribution in [0.1, 0.15) is 18.1 Å². The Morgan fingerprint density at radius 1 is 1.29 bits per heavy atom. The molecule has 0 aromatic heterocycles. The van der Waals surface area contributed by atoms with Crippen molar-refractivity contribution in [3.63, 3.8) is 0 Å². The second-order valence-electron chi connectivity index (χ2n) is 6.43. The molecule has 2 heterocycles. The van der Waals surface area contributed by atoms with Gasteiger partial charge in [0.2, 0.25) is 5.91 Å². The zero-order valence-electron chi connectivity index (χ0n) is 14.3. The smallest absolute Gasteiger partial charge is 0.240 e. The first kappa shape index (κ1) is 17.4. The number of nitrogens with zero attached hydrogens (tertiary/aromatic N) is 1. The van der Waals surface area contributed by atoms with Crippen LogP contribution in [0.2, 0.25) is 0 Å². The van der Waals surface area contributed by atoms with E-state index >= 15 is 0 Å². The standard InChI is InChI=1S/C18H27N3O3/c1-14-17(19-5-8-24-14)18(22)20-12-15-3-2-4-16(11-15)13-21-6-9-23-10-7-21/h2-4,11,14,17,19H,5-10,12-13H2,1H3,(H,20,22)/t14-,17+/m1/s1. The highest BCUT2D eigenvalue weighted by Crippen LogP contribution is 2.10. The molecule has 1 aromatic rings. The molecule has 24 heavy (non-hydrogen) atoms. The number of morpholine rings is 2. The van der Waals surface area contributed by atoms with Crippen molar-refractivity contribution in [3.05, 3.63) is 35.4 Å². The van der Waals surface area contributed by atoms with Crippen LogP contribution in [0.25, 0.3) is 0 Å². The van der Waals surface area contributed by atoms with Crippen LogP contribution in [0, 0.1) is 0 Å². The molecule has 2 N–H and O–H groups in total. The van der Waals surface area contributed by atoms with Gasteiger partial charge in [0.25, 0.3) is 0 Å². The molecule has 1 aromatic carbocycles. The fraction of sp³-hybridized carbons (Fsp3) is 0.611. The maximum atomic E-state index is 12.3. The van der Waals surface area contributed by atoms with Crippen LogP contribution in [0.5, 0.6) is 0 Å². The first-order valence-corrected chi connectivity index (χ1v) is 8.73. The fourth-order valence-corrected chi connectivity index (χ4v) is 3.18. The Balaban J connectivity index is 1.51. The van der Waals surface area contributed by atoms with Crippen molar-refractivity contribution in [3.8, 4) is 0 Å². The maximum absolute atomic E-state index is 12.3. The van der Waals surface area contributed by atoms with E-state index in [1.807, 2.05) is 6.92 Å². The molecular formula is C18H27N3O3. The van der Waals surface area contributed by atoms with E-state index in [0.29, 0.717) is 13.2 Å². The Hall–Kier alpha value is -1.47. The van der Waals surface area contributed by atoms with Crippen molar-refractivity contribution in [2.45, 2.75) is 32.2 Å². The van der Waals surface area contributed by atoms with Crippen LogP contribution in [0.3, 0.4) is 0 Å². The second kappa shape index (κ2) is 8.58. The molecule has 0 aliphatic carbocycles. The first-order chi connectivity index (χ1) is 11.7. The minimum Gasteiger partial charge on any atom is -0.379 e. The molecular weight excluding hydrogens is 306 g/mol. The summed E-state index contributed by atoms with van der Waals surface area (Å²) < 4.78 is 10.9. The van der Waals surface area contributed by atoms with Crippen LogP contribution in [-0.2, 0) is 27.4 Å². The van der Waals surface area contributed by atoms with Crippen molar-refractivity contribution >= 4 is 5.91 Å².